The van der Waals surface area contributed by atoms with E-state index in [1.807, 2.05) is 0 Å². The monoisotopic (exact) mass is 268 g/mol. The lowest BCUT2D eigenvalue weighted by atomic mass is 10.00. The van der Waals surface area contributed by atoms with Crippen molar-refractivity contribution in [2.24, 2.45) is 17.8 Å². The Kier molecular flexibility index (Phi) is 4.85. The van der Waals surface area contributed by atoms with Crippen molar-refractivity contribution in [2.45, 2.75) is 52.7 Å². The van der Waals surface area contributed by atoms with Crippen LogP contribution in [0.15, 0.2) is 0 Å². The molecule has 0 aromatic rings. The fraction of sp³-hybridized carbons (Fsp3) is 0.933. The molecule has 2 heterocycles. The fourth-order valence-corrected chi connectivity index (χ4v) is 3.12. The van der Waals surface area contributed by atoms with Crippen LogP contribution in [0.4, 0.5) is 0 Å². The third kappa shape index (κ3) is 3.29. The van der Waals surface area contributed by atoms with Crippen molar-refractivity contribution in [3.05, 3.63) is 0 Å². The van der Waals surface area contributed by atoms with Crippen LogP contribution >= 0.6 is 0 Å². The van der Waals surface area contributed by atoms with Crippen LogP contribution in [0.1, 0.15) is 40.5 Å². The zero-order valence-corrected chi connectivity index (χ0v) is 12.7. The van der Waals surface area contributed by atoms with Gasteiger partial charge in [-0.2, -0.15) is 0 Å². The number of amides is 1. The van der Waals surface area contributed by atoms with E-state index < -0.39 is 0 Å². The largest absolute Gasteiger partial charge is 0.381 e. The molecule has 2 aliphatic rings. The van der Waals surface area contributed by atoms with Gasteiger partial charge in [0, 0.05) is 19.1 Å². The molecular weight excluding hydrogens is 240 g/mol. The van der Waals surface area contributed by atoms with E-state index in [1.54, 1.807) is 0 Å². The van der Waals surface area contributed by atoms with Crippen molar-refractivity contribution in [3.63, 3.8) is 0 Å². The van der Waals surface area contributed by atoms with Crippen LogP contribution in [0, 0.1) is 17.8 Å². The first-order valence-electron chi connectivity index (χ1n) is 7.65. The van der Waals surface area contributed by atoms with Gasteiger partial charge in [-0.15, -0.1) is 0 Å². The summed E-state index contributed by atoms with van der Waals surface area (Å²) < 4.78 is 5.54. The van der Waals surface area contributed by atoms with Gasteiger partial charge in [0.15, 0.2) is 0 Å². The van der Waals surface area contributed by atoms with E-state index >= 15 is 0 Å². The molecule has 0 aromatic carbocycles. The molecule has 2 aliphatic heterocycles. The number of rotatable bonds is 4. The Morgan fingerprint density at radius 1 is 1.32 bits per heavy atom. The second kappa shape index (κ2) is 6.23. The summed E-state index contributed by atoms with van der Waals surface area (Å²) in [6.45, 7) is 11.1. The second-order valence-corrected chi connectivity index (χ2v) is 6.65. The zero-order valence-electron chi connectivity index (χ0n) is 12.7. The fourth-order valence-electron chi connectivity index (χ4n) is 3.12. The van der Waals surface area contributed by atoms with Gasteiger partial charge in [0.1, 0.15) is 0 Å². The first-order valence-corrected chi connectivity index (χ1v) is 7.65. The maximum Gasteiger partial charge on any atom is 0.241 e. The first-order chi connectivity index (χ1) is 9.00. The van der Waals surface area contributed by atoms with Gasteiger partial charge in [-0.25, -0.2) is 0 Å². The summed E-state index contributed by atoms with van der Waals surface area (Å²) >= 11 is 0. The summed E-state index contributed by atoms with van der Waals surface area (Å²) in [5.74, 6) is 1.57. The average molecular weight is 268 g/mol. The van der Waals surface area contributed by atoms with Crippen molar-refractivity contribution >= 4 is 5.91 Å². The minimum atomic E-state index is -0.0168. The minimum Gasteiger partial charge on any atom is -0.381 e. The maximum absolute atomic E-state index is 12.6. The Morgan fingerprint density at radius 2 is 2.05 bits per heavy atom. The molecule has 0 aromatic heterocycles. The zero-order chi connectivity index (χ0) is 14.0. The molecule has 4 nitrogen and oxygen atoms in total. The van der Waals surface area contributed by atoms with Crippen molar-refractivity contribution in [1.82, 2.24) is 10.2 Å². The topological polar surface area (TPSA) is 41.6 Å². The molecule has 3 atom stereocenters. The van der Waals surface area contributed by atoms with Gasteiger partial charge in [-0.05, 0) is 24.7 Å². The molecule has 2 fully saturated rings. The molecule has 0 spiro atoms. The predicted molar refractivity (Wildman–Crippen MR) is 75.6 cm³/mol. The van der Waals surface area contributed by atoms with Crippen LogP contribution in [0.2, 0.25) is 0 Å². The van der Waals surface area contributed by atoms with Gasteiger partial charge in [-0.1, -0.05) is 27.7 Å². The number of carbonyl (C=O) groups excluding carboxylic acids is 1. The Morgan fingerprint density at radius 3 is 2.58 bits per heavy atom. The van der Waals surface area contributed by atoms with Crippen LogP contribution in [0.3, 0.4) is 0 Å². The molecule has 0 saturated carbocycles. The molecule has 2 rings (SSSR count). The Hall–Kier alpha value is -0.610. The normalized spacial score (nSPS) is 32.6. The number of nitrogens with one attached hydrogen (secondary N) is 1. The standard InChI is InChI=1S/C15H28N2O2/c1-10(2)13-15(18)17(14(16-13)11(3)4)8-12-6-5-7-19-9-12/h10-14,16H,5-9H2,1-4H3. The van der Waals surface area contributed by atoms with Crippen molar-refractivity contribution < 1.29 is 9.53 Å². The summed E-state index contributed by atoms with van der Waals surface area (Å²) in [6, 6.07) is -0.0168. The number of hydrogen-bond donors (Lipinski definition) is 1. The molecular formula is C15H28N2O2. The van der Waals surface area contributed by atoms with Crippen LogP contribution in [-0.2, 0) is 9.53 Å². The van der Waals surface area contributed by atoms with Gasteiger partial charge >= 0.3 is 0 Å². The minimum absolute atomic E-state index is 0.0168. The Balaban J connectivity index is 2.04. The summed E-state index contributed by atoms with van der Waals surface area (Å²) in [5, 5.41) is 3.51. The summed E-state index contributed by atoms with van der Waals surface area (Å²) in [5.41, 5.74) is 0. The van der Waals surface area contributed by atoms with Gasteiger partial charge in [0.05, 0.1) is 18.8 Å². The summed E-state index contributed by atoms with van der Waals surface area (Å²) in [4.78, 5) is 14.6. The molecule has 0 bridgehead atoms. The highest BCUT2D eigenvalue weighted by molar-refractivity contribution is 5.84. The molecule has 0 aliphatic carbocycles. The van der Waals surface area contributed by atoms with E-state index in [4.69, 9.17) is 4.74 Å². The summed E-state index contributed by atoms with van der Waals surface area (Å²) in [6.07, 6.45) is 2.49. The highest BCUT2D eigenvalue weighted by Crippen LogP contribution is 2.25. The third-order valence-corrected chi connectivity index (χ3v) is 4.24. The molecule has 19 heavy (non-hydrogen) atoms. The first kappa shape index (κ1) is 14.8. The van der Waals surface area contributed by atoms with Crippen molar-refractivity contribution in [1.29, 1.82) is 0 Å². The van der Waals surface area contributed by atoms with Crippen molar-refractivity contribution in [3.8, 4) is 0 Å². The molecule has 1 amide bonds. The SMILES string of the molecule is CC(C)C1NC(C(C)C)N(CC2CCCOC2)C1=O. The van der Waals surface area contributed by atoms with E-state index in [0.29, 0.717) is 17.8 Å². The van der Waals surface area contributed by atoms with Crippen molar-refractivity contribution in [2.75, 3.05) is 19.8 Å². The highest BCUT2D eigenvalue weighted by Gasteiger charge is 2.42. The highest BCUT2D eigenvalue weighted by atomic mass is 16.5. The van der Waals surface area contributed by atoms with E-state index in [2.05, 4.69) is 37.9 Å². The van der Waals surface area contributed by atoms with Gasteiger partial charge < -0.3 is 9.64 Å². The predicted octanol–water partition coefficient (Wildman–Crippen LogP) is 1.85. The summed E-state index contributed by atoms with van der Waals surface area (Å²) in [7, 11) is 0. The number of ether oxygens (including phenoxy) is 1. The lowest BCUT2D eigenvalue weighted by molar-refractivity contribution is -0.132. The van der Waals surface area contributed by atoms with Crippen LogP contribution in [0.25, 0.3) is 0 Å². The molecule has 2 saturated heterocycles. The lowest BCUT2D eigenvalue weighted by Gasteiger charge is -2.32. The van der Waals surface area contributed by atoms with Crippen LogP contribution in [0.5, 0.6) is 0 Å². The average Bonchev–Trinajstić information content (AvgIpc) is 2.69. The van der Waals surface area contributed by atoms with Gasteiger partial charge in [0.2, 0.25) is 5.91 Å². The molecule has 110 valence electrons. The maximum atomic E-state index is 12.6. The van der Waals surface area contributed by atoms with E-state index in [0.717, 1.165) is 26.2 Å². The second-order valence-electron chi connectivity index (χ2n) is 6.65. The van der Waals surface area contributed by atoms with Crippen LogP contribution in [-0.4, -0.2) is 42.8 Å². The molecule has 4 heteroatoms. The van der Waals surface area contributed by atoms with Gasteiger partial charge in [-0.3, -0.25) is 10.1 Å². The quantitative estimate of drug-likeness (QED) is 0.846. The molecule has 3 unspecified atom stereocenters. The Bertz CT molecular complexity index is 311. The smallest absolute Gasteiger partial charge is 0.241 e. The van der Waals surface area contributed by atoms with E-state index in [1.165, 1.54) is 6.42 Å². The van der Waals surface area contributed by atoms with E-state index in [-0.39, 0.29) is 18.1 Å². The lowest BCUT2D eigenvalue weighted by Crippen LogP contribution is -2.44. The Labute approximate surface area is 116 Å². The third-order valence-electron chi connectivity index (χ3n) is 4.24. The molecule has 0 radical (unpaired) electrons. The van der Waals surface area contributed by atoms with E-state index in [9.17, 15) is 4.79 Å². The van der Waals surface area contributed by atoms with Gasteiger partial charge in [0.25, 0.3) is 0 Å². The molecule has 1 N–H and O–H groups in total. The van der Waals surface area contributed by atoms with Crippen LogP contribution < -0.4 is 5.32 Å². The number of hydrogen-bond acceptors (Lipinski definition) is 3. The number of nitrogens with zero attached hydrogens (tertiary/aromatic N) is 1. The number of carbonyl (C=O) groups is 1.